The number of hydrogen-bond acceptors (Lipinski definition) is 4. The fraction of sp³-hybridized carbons (Fsp3) is 0.316. The van der Waals surface area contributed by atoms with Gasteiger partial charge in [0.25, 0.3) is 0 Å². The molecule has 2 aromatic carbocycles. The molecule has 0 fully saturated rings. The Hall–Kier alpha value is -2.69. The highest BCUT2D eigenvalue weighted by Crippen LogP contribution is 2.31. The van der Waals surface area contributed by atoms with E-state index in [0.717, 1.165) is 22.6 Å². The lowest BCUT2D eigenvalue weighted by Gasteiger charge is -2.25. The van der Waals surface area contributed by atoms with Gasteiger partial charge in [0.15, 0.2) is 0 Å². The van der Waals surface area contributed by atoms with E-state index < -0.39 is 0 Å². The molecule has 5 heteroatoms. The van der Waals surface area contributed by atoms with Crippen molar-refractivity contribution in [3.05, 3.63) is 53.6 Å². The van der Waals surface area contributed by atoms with E-state index in [-0.39, 0.29) is 17.6 Å². The molecule has 1 amide bonds. The monoisotopic (exact) mass is 327 g/mol. The number of benzene rings is 2. The maximum absolute atomic E-state index is 12.3. The number of carbonyl (C=O) groups excluding carboxylic acids is 1. The highest BCUT2D eigenvalue weighted by atomic mass is 16.5. The zero-order valence-corrected chi connectivity index (χ0v) is 13.6. The Morgan fingerprint density at radius 1 is 1.33 bits per heavy atom. The van der Waals surface area contributed by atoms with Crippen LogP contribution >= 0.6 is 0 Å². The molecule has 0 saturated carbocycles. The van der Waals surface area contributed by atoms with E-state index in [1.165, 1.54) is 0 Å². The second-order valence-corrected chi connectivity index (χ2v) is 5.86. The number of phenolic OH excluding ortho intramolecular Hbond substituents is 1. The summed E-state index contributed by atoms with van der Waals surface area (Å²) < 4.78 is 10.9. The summed E-state index contributed by atoms with van der Waals surface area (Å²) in [4.78, 5) is 12.3. The summed E-state index contributed by atoms with van der Waals surface area (Å²) in [6.45, 7) is 0.852. The number of nitrogens with one attached hydrogen (secondary N) is 1. The third kappa shape index (κ3) is 3.62. The first-order valence-corrected chi connectivity index (χ1v) is 8.01. The van der Waals surface area contributed by atoms with Crippen LogP contribution in [-0.4, -0.2) is 31.3 Å². The molecule has 24 heavy (non-hydrogen) atoms. The van der Waals surface area contributed by atoms with Crippen LogP contribution < -0.4 is 14.8 Å². The van der Waals surface area contributed by atoms with Crippen molar-refractivity contribution < 1.29 is 19.4 Å². The molecule has 1 unspecified atom stereocenters. The van der Waals surface area contributed by atoms with Crippen LogP contribution in [0, 0.1) is 5.92 Å². The fourth-order valence-corrected chi connectivity index (χ4v) is 2.83. The smallest absolute Gasteiger partial charge is 0.226 e. The summed E-state index contributed by atoms with van der Waals surface area (Å²) in [7, 11) is 1.62. The van der Waals surface area contributed by atoms with Crippen LogP contribution in [0.4, 0.5) is 0 Å². The molecule has 1 aliphatic heterocycles. The van der Waals surface area contributed by atoms with Gasteiger partial charge < -0.3 is 19.9 Å². The van der Waals surface area contributed by atoms with Crippen molar-refractivity contribution in [1.29, 1.82) is 0 Å². The average Bonchev–Trinajstić information content (AvgIpc) is 2.62. The molecule has 0 aliphatic carbocycles. The summed E-state index contributed by atoms with van der Waals surface area (Å²) >= 11 is 0. The zero-order valence-electron chi connectivity index (χ0n) is 13.6. The van der Waals surface area contributed by atoms with E-state index in [9.17, 15) is 9.90 Å². The summed E-state index contributed by atoms with van der Waals surface area (Å²) in [6, 6.07) is 12.8. The Kier molecular flexibility index (Phi) is 4.89. The van der Waals surface area contributed by atoms with Gasteiger partial charge in [-0.15, -0.1) is 0 Å². The van der Waals surface area contributed by atoms with E-state index in [2.05, 4.69) is 5.32 Å². The Bertz CT molecular complexity index is 729. The first-order valence-electron chi connectivity index (χ1n) is 8.01. The van der Waals surface area contributed by atoms with Crippen molar-refractivity contribution in [1.82, 2.24) is 5.32 Å². The van der Waals surface area contributed by atoms with Gasteiger partial charge in [-0.1, -0.05) is 24.3 Å². The molecule has 1 heterocycles. The van der Waals surface area contributed by atoms with Crippen molar-refractivity contribution in [3.63, 3.8) is 0 Å². The van der Waals surface area contributed by atoms with Gasteiger partial charge >= 0.3 is 0 Å². The Labute approximate surface area is 141 Å². The average molecular weight is 327 g/mol. The minimum Gasteiger partial charge on any atom is -0.508 e. The van der Waals surface area contributed by atoms with Crippen LogP contribution in [-0.2, 0) is 17.6 Å². The lowest BCUT2D eigenvalue weighted by molar-refractivity contribution is -0.126. The molecule has 1 atom stereocenters. The van der Waals surface area contributed by atoms with E-state index in [4.69, 9.17) is 9.47 Å². The van der Waals surface area contributed by atoms with E-state index in [0.29, 0.717) is 26.0 Å². The third-order valence-corrected chi connectivity index (χ3v) is 4.24. The van der Waals surface area contributed by atoms with Gasteiger partial charge in [0.1, 0.15) is 23.9 Å². The molecular weight excluding hydrogens is 306 g/mol. The van der Waals surface area contributed by atoms with Crippen LogP contribution in [0.5, 0.6) is 17.2 Å². The molecule has 3 rings (SSSR count). The quantitative estimate of drug-likeness (QED) is 0.884. The van der Waals surface area contributed by atoms with Gasteiger partial charge in [-0.2, -0.15) is 0 Å². The van der Waals surface area contributed by atoms with E-state index >= 15 is 0 Å². The molecule has 2 aromatic rings. The van der Waals surface area contributed by atoms with E-state index in [1.807, 2.05) is 30.3 Å². The van der Waals surface area contributed by atoms with Crippen molar-refractivity contribution >= 4 is 5.91 Å². The van der Waals surface area contributed by atoms with Gasteiger partial charge in [0, 0.05) is 12.6 Å². The SMILES string of the molecule is COc1ccc2c(c1)OCC(C(=O)NCCc1ccccc1O)C2. The highest BCUT2D eigenvalue weighted by Gasteiger charge is 2.26. The largest absolute Gasteiger partial charge is 0.508 e. The second-order valence-electron chi connectivity index (χ2n) is 5.86. The standard InChI is InChI=1S/C19H21NO4/c1-23-16-7-6-14-10-15(12-24-18(14)11-16)19(22)20-9-8-13-4-2-3-5-17(13)21/h2-7,11,15,21H,8-10,12H2,1H3,(H,20,22). The molecule has 0 aromatic heterocycles. The number of para-hydroxylation sites is 1. The van der Waals surface area contributed by atoms with Crippen molar-refractivity contribution in [2.24, 2.45) is 5.92 Å². The van der Waals surface area contributed by atoms with Gasteiger partial charge in [0.2, 0.25) is 5.91 Å². The maximum atomic E-state index is 12.3. The molecule has 0 radical (unpaired) electrons. The molecule has 5 nitrogen and oxygen atoms in total. The van der Waals surface area contributed by atoms with Crippen LogP contribution in [0.25, 0.3) is 0 Å². The highest BCUT2D eigenvalue weighted by molar-refractivity contribution is 5.79. The van der Waals surface area contributed by atoms with Crippen molar-refractivity contribution in [2.75, 3.05) is 20.3 Å². The maximum Gasteiger partial charge on any atom is 0.226 e. The summed E-state index contributed by atoms with van der Waals surface area (Å²) in [5.41, 5.74) is 1.85. The fourth-order valence-electron chi connectivity index (χ4n) is 2.83. The number of carbonyl (C=O) groups is 1. The molecule has 0 spiro atoms. The molecular formula is C19H21NO4. The predicted molar refractivity (Wildman–Crippen MR) is 90.5 cm³/mol. The van der Waals surface area contributed by atoms with Crippen LogP contribution in [0.2, 0.25) is 0 Å². The molecule has 1 aliphatic rings. The number of fused-ring (bicyclic) bond motifs is 1. The first-order chi connectivity index (χ1) is 11.7. The number of methoxy groups -OCH3 is 1. The number of phenols is 1. The van der Waals surface area contributed by atoms with Crippen LogP contribution in [0.15, 0.2) is 42.5 Å². The molecule has 0 saturated heterocycles. The van der Waals surface area contributed by atoms with E-state index in [1.54, 1.807) is 19.2 Å². The second kappa shape index (κ2) is 7.25. The minimum atomic E-state index is -0.199. The number of aromatic hydroxyl groups is 1. The summed E-state index contributed by atoms with van der Waals surface area (Å²) in [5, 5.41) is 12.7. The van der Waals surface area contributed by atoms with Gasteiger partial charge in [-0.25, -0.2) is 0 Å². The molecule has 126 valence electrons. The number of hydrogen-bond donors (Lipinski definition) is 2. The molecule has 2 N–H and O–H groups in total. The Morgan fingerprint density at radius 3 is 2.96 bits per heavy atom. The molecule has 0 bridgehead atoms. The van der Waals surface area contributed by atoms with Crippen LogP contribution in [0.1, 0.15) is 11.1 Å². The van der Waals surface area contributed by atoms with Gasteiger partial charge in [-0.05, 0) is 36.1 Å². The minimum absolute atomic E-state index is 0.0214. The van der Waals surface area contributed by atoms with Crippen molar-refractivity contribution in [2.45, 2.75) is 12.8 Å². The lowest BCUT2D eigenvalue weighted by atomic mass is 9.96. The Balaban J connectivity index is 1.53. The Morgan fingerprint density at radius 2 is 2.17 bits per heavy atom. The topological polar surface area (TPSA) is 67.8 Å². The normalized spacial score (nSPS) is 16.0. The number of amides is 1. The number of ether oxygens (including phenoxy) is 2. The number of rotatable bonds is 5. The lowest BCUT2D eigenvalue weighted by Crippen LogP contribution is -2.38. The zero-order chi connectivity index (χ0) is 16.9. The summed E-state index contributed by atoms with van der Waals surface area (Å²) in [5.74, 6) is 1.57. The predicted octanol–water partition coefficient (Wildman–Crippen LogP) is 2.31. The van der Waals surface area contributed by atoms with Crippen LogP contribution in [0.3, 0.4) is 0 Å². The van der Waals surface area contributed by atoms with Gasteiger partial charge in [-0.3, -0.25) is 4.79 Å². The van der Waals surface area contributed by atoms with Crippen molar-refractivity contribution in [3.8, 4) is 17.2 Å². The first kappa shape index (κ1) is 16.2. The van der Waals surface area contributed by atoms with Gasteiger partial charge in [0.05, 0.1) is 13.0 Å². The third-order valence-electron chi connectivity index (χ3n) is 4.24. The summed E-state index contributed by atoms with van der Waals surface area (Å²) in [6.07, 6.45) is 1.25.